The molecule has 0 unspecified atom stereocenters. The second kappa shape index (κ2) is 8.49. The molecule has 0 saturated carbocycles. The first kappa shape index (κ1) is 19.5. The number of carbonyl (C=O) groups excluding carboxylic acids is 1. The maximum Gasteiger partial charge on any atom is 0.417 e. The number of ether oxygens (including phenoxy) is 1. The fourth-order valence-corrected chi connectivity index (χ4v) is 2.92. The Kier molecular flexibility index (Phi) is 6.61. The number of rotatable bonds is 6. The lowest BCUT2D eigenvalue weighted by Gasteiger charge is -2.11. The van der Waals surface area contributed by atoms with E-state index in [4.69, 9.17) is 16.3 Å². The van der Waals surface area contributed by atoms with E-state index in [9.17, 15) is 18.0 Å². The summed E-state index contributed by atoms with van der Waals surface area (Å²) in [5.74, 6) is 0.347. The van der Waals surface area contributed by atoms with E-state index >= 15 is 0 Å². The number of thioether (sulfide) groups is 1. The van der Waals surface area contributed by atoms with Gasteiger partial charge in [0.1, 0.15) is 5.75 Å². The van der Waals surface area contributed by atoms with Crippen molar-refractivity contribution in [2.75, 3.05) is 17.7 Å². The smallest absolute Gasteiger partial charge is 0.417 e. The maximum absolute atomic E-state index is 12.8. The van der Waals surface area contributed by atoms with E-state index in [1.165, 1.54) is 12.1 Å². The summed E-state index contributed by atoms with van der Waals surface area (Å²) in [6, 6.07) is 10.4. The van der Waals surface area contributed by atoms with Gasteiger partial charge in [0.2, 0.25) is 5.91 Å². The lowest BCUT2D eigenvalue weighted by molar-refractivity contribution is -0.137. The molecule has 0 aliphatic heterocycles. The van der Waals surface area contributed by atoms with Crippen LogP contribution in [0, 0.1) is 0 Å². The van der Waals surface area contributed by atoms with Crippen molar-refractivity contribution in [2.24, 2.45) is 0 Å². The van der Waals surface area contributed by atoms with Gasteiger partial charge in [-0.05, 0) is 49.4 Å². The Morgan fingerprint density at radius 3 is 2.48 bits per heavy atom. The van der Waals surface area contributed by atoms with Crippen LogP contribution < -0.4 is 10.1 Å². The number of carbonyl (C=O) groups is 1. The lowest BCUT2D eigenvalue weighted by Crippen LogP contribution is -2.14. The second-order valence-corrected chi connectivity index (χ2v) is 6.39. The van der Waals surface area contributed by atoms with Crippen molar-refractivity contribution in [3.63, 3.8) is 0 Å². The number of halogens is 4. The number of amides is 1. The highest BCUT2D eigenvalue weighted by molar-refractivity contribution is 8.00. The molecule has 0 fully saturated rings. The molecule has 2 aromatic carbocycles. The fourth-order valence-electron chi connectivity index (χ4n) is 1.96. The van der Waals surface area contributed by atoms with Crippen LogP contribution >= 0.6 is 23.4 Å². The number of hydrogen-bond acceptors (Lipinski definition) is 3. The molecule has 0 aromatic heterocycles. The Labute approximate surface area is 152 Å². The summed E-state index contributed by atoms with van der Waals surface area (Å²) in [7, 11) is 0. The Morgan fingerprint density at radius 2 is 1.88 bits per heavy atom. The van der Waals surface area contributed by atoms with Gasteiger partial charge in [-0.25, -0.2) is 0 Å². The molecule has 25 heavy (non-hydrogen) atoms. The molecule has 1 N–H and O–H groups in total. The van der Waals surface area contributed by atoms with Gasteiger partial charge in [0.05, 0.1) is 22.9 Å². The molecule has 0 atom stereocenters. The third-order valence-corrected chi connectivity index (χ3v) is 4.39. The number of nitrogens with one attached hydrogen (secondary N) is 1. The summed E-state index contributed by atoms with van der Waals surface area (Å²) in [6.45, 7) is 2.41. The Morgan fingerprint density at radius 1 is 1.20 bits per heavy atom. The molecule has 134 valence electrons. The van der Waals surface area contributed by atoms with Crippen LogP contribution in [0.5, 0.6) is 5.75 Å². The van der Waals surface area contributed by atoms with Gasteiger partial charge in [-0.15, -0.1) is 11.8 Å². The van der Waals surface area contributed by atoms with Crippen molar-refractivity contribution in [1.82, 2.24) is 0 Å². The monoisotopic (exact) mass is 389 g/mol. The van der Waals surface area contributed by atoms with E-state index in [0.717, 1.165) is 17.8 Å². The van der Waals surface area contributed by atoms with E-state index in [1.54, 1.807) is 24.3 Å². The third-order valence-electron chi connectivity index (χ3n) is 3.06. The highest BCUT2D eigenvalue weighted by Gasteiger charge is 2.33. The summed E-state index contributed by atoms with van der Waals surface area (Å²) in [6.07, 6.45) is -4.53. The first-order valence-corrected chi connectivity index (χ1v) is 8.68. The topological polar surface area (TPSA) is 38.3 Å². The quantitative estimate of drug-likeness (QED) is 0.664. The van der Waals surface area contributed by atoms with Crippen LogP contribution in [0.2, 0.25) is 5.02 Å². The molecule has 0 heterocycles. The summed E-state index contributed by atoms with van der Waals surface area (Å²) in [5, 5.41) is 2.31. The van der Waals surface area contributed by atoms with Gasteiger partial charge >= 0.3 is 6.18 Å². The maximum atomic E-state index is 12.8. The molecule has 0 aliphatic rings. The first-order chi connectivity index (χ1) is 11.8. The lowest BCUT2D eigenvalue weighted by atomic mass is 10.2. The van der Waals surface area contributed by atoms with Crippen molar-refractivity contribution >= 4 is 35.0 Å². The molecule has 2 aromatic rings. The van der Waals surface area contributed by atoms with Crippen molar-refractivity contribution in [3.8, 4) is 5.75 Å². The van der Waals surface area contributed by atoms with Crippen LogP contribution in [0.3, 0.4) is 0 Å². The molecule has 0 aliphatic carbocycles. The number of hydrogen-bond donors (Lipinski definition) is 1. The third kappa shape index (κ3) is 5.86. The Hall–Kier alpha value is -1.86. The van der Waals surface area contributed by atoms with E-state index in [0.29, 0.717) is 22.9 Å². The summed E-state index contributed by atoms with van der Waals surface area (Å²) >= 11 is 6.57. The van der Waals surface area contributed by atoms with Crippen molar-refractivity contribution in [2.45, 2.75) is 18.0 Å². The van der Waals surface area contributed by atoms with Gasteiger partial charge in [0, 0.05) is 10.6 Å². The molecule has 2 rings (SSSR count). The molecule has 3 nitrogen and oxygen atoms in total. The highest BCUT2D eigenvalue weighted by Crippen LogP contribution is 2.37. The molecular formula is C17H15ClF3NO2S. The van der Waals surface area contributed by atoms with E-state index in [2.05, 4.69) is 5.32 Å². The minimum atomic E-state index is -4.53. The van der Waals surface area contributed by atoms with Crippen LogP contribution in [-0.4, -0.2) is 18.3 Å². The molecule has 0 saturated heterocycles. The fraction of sp³-hybridized carbons (Fsp3) is 0.235. The van der Waals surface area contributed by atoms with Crippen molar-refractivity contribution < 1.29 is 22.7 Å². The van der Waals surface area contributed by atoms with Crippen molar-refractivity contribution in [1.29, 1.82) is 0 Å². The molecular weight excluding hydrogens is 375 g/mol. The summed E-state index contributed by atoms with van der Waals surface area (Å²) < 4.78 is 43.8. The first-order valence-electron chi connectivity index (χ1n) is 7.32. The average molecular weight is 390 g/mol. The van der Waals surface area contributed by atoms with E-state index in [1.807, 2.05) is 6.92 Å². The number of alkyl halides is 3. The molecule has 1 amide bonds. The van der Waals surface area contributed by atoms with E-state index in [-0.39, 0.29) is 16.7 Å². The minimum Gasteiger partial charge on any atom is -0.494 e. The minimum absolute atomic E-state index is 0.0217. The number of benzene rings is 2. The standard InChI is InChI=1S/C17H15ClF3NO2S/c1-2-24-12-5-3-11(4-6-12)22-16(23)10-25-13-7-8-15(18)14(9-13)17(19,20)21/h3-9H,2,10H2,1H3,(H,22,23). The predicted octanol–water partition coefficient (Wildman–Crippen LogP) is 5.49. The molecule has 0 radical (unpaired) electrons. The SMILES string of the molecule is CCOc1ccc(NC(=O)CSc2ccc(Cl)c(C(F)(F)F)c2)cc1. The van der Waals surface area contributed by atoms with Crippen LogP contribution in [0.4, 0.5) is 18.9 Å². The Balaban J connectivity index is 1.93. The van der Waals surface area contributed by atoms with Gasteiger partial charge in [0.25, 0.3) is 0 Å². The average Bonchev–Trinajstić information content (AvgIpc) is 2.55. The summed E-state index contributed by atoms with van der Waals surface area (Å²) in [4.78, 5) is 12.3. The van der Waals surface area contributed by atoms with Gasteiger partial charge in [0.15, 0.2) is 0 Å². The summed E-state index contributed by atoms with van der Waals surface area (Å²) in [5.41, 5.74) is -0.327. The van der Waals surface area contributed by atoms with Crippen LogP contribution in [0.1, 0.15) is 12.5 Å². The highest BCUT2D eigenvalue weighted by atomic mass is 35.5. The number of anilines is 1. The zero-order valence-electron chi connectivity index (χ0n) is 13.2. The second-order valence-electron chi connectivity index (χ2n) is 4.93. The normalized spacial score (nSPS) is 11.2. The van der Waals surface area contributed by atoms with Gasteiger partial charge < -0.3 is 10.1 Å². The van der Waals surface area contributed by atoms with Gasteiger partial charge in [-0.2, -0.15) is 13.2 Å². The van der Waals surface area contributed by atoms with Crippen molar-refractivity contribution in [3.05, 3.63) is 53.1 Å². The Bertz CT molecular complexity index is 736. The molecule has 0 spiro atoms. The zero-order valence-corrected chi connectivity index (χ0v) is 14.8. The zero-order chi connectivity index (χ0) is 18.4. The van der Waals surface area contributed by atoms with Crippen LogP contribution in [0.25, 0.3) is 0 Å². The van der Waals surface area contributed by atoms with Crippen LogP contribution in [0.15, 0.2) is 47.4 Å². The predicted molar refractivity (Wildman–Crippen MR) is 93.4 cm³/mol. The van der Waals surface area contributed by atoms with Gasteiger partial charge in [-0.1, -0.05) is 11.6 Å². The van der Waals surface area contributed by atoms with E-state index < -0.39 is 11.7 Å². The largest absolute Gasteiger partial charge is 0.494 e. The molecule has 0 bridgehead atoms. The van der Waals surface area contributed by atoms with Gasteiger partial charge in [-0.3, -0.25) is 4.79 Å². The van der Waals surface area contributed by atoms with Crippen LogP contribution in [-0.2, 0) is 11.0 Å². The molecule has 8 heteroatoms.